The summed E-state index contributed by atoms with van der Waals surface area (Å²) in [5, 5.41) is 3.09. The molecule has 0 bridgehead atoms. The molecule has 1 N–H and O–H groups in total. The standard InChI is InChI=1S/C11H13ClN6O2S/c12-9-15-10(14-5-8-1-4-21(19,20)6-8)17-11(16-9)18-3-2-13-7-18/h2-3,7-8H,1,4-6H2,(H,14,15,16,17). The molecule has 0 aromatic carbocycles. The average Bonchev–Trinajstić information content (AvgIpc) is 3.05. The lowest BCUT2D eigenvalue weighted by Crippen LogP contribution is -2.18. The molecule has 1 atom stereocenters. The van der Waals surface area contributed by atoms with E-state index in [-0.39, 0.29) is 22.7 Å². The van der Waals surface area contributed by atoms with Crippen LogP contribution in [0.3, 0.4) is 0 Å². The molecule has 112 valence electrons. The number of halogens is 1. The molecule has 3 heterocycles. The van der Waals surface area contributed by atoms with Crippen LogP contribution in [0.5, 0.6) is 0 Å². The Bertz CT molecular complexity index is 733. The van der Waals surface area contributed by atoms with Gasteiger partial charge in [-0.15, -0.1) is 0 Å². The van der Waals surface area contributed by atoms with E-state index in [1.807, 2.05) is 0 Å². The van der Waals surface area contributed by atoms with Crippen LogP contribution in [-0.4, -0.2) is 51.0 Å². The molecule has 2 aromatic heterocycles. The topological polar surface area (TPSA) is 103 Å². The second kappa shape index (κ2) is 5.57. The molecule has 10 heteroatoms. The molecule has 0 radical (unpaired) electrons. The lowest BCUT2D eigenvalue weighted by atomic mass is 10.1. The van der Waals surface area contributed by atoms with Crippen LogP contribution in [0.25, 0.3) is 5.95 Å². The van der Waals surface area contributed by atoms with Crippen molar-refractivity contribution in [2.45, 2.75) is 6.42 Å². The minimum absolute atomic E-state index is 0.0650. The normalized spacial score (nSPS) is 20.5. The highest BCUT2D eigenvalue weighted by Crippen LogP contribution is 2.19. The summed E-state index contributed by atoms with van der Waals surface area (Å²) in [6, 6.07) is 0. The Morgan fingerprint density at radius 1 is 1.38 bits per heavy atom. The second-order valence-electron chi connectivity index (χ2n) is 4.85. The van der Waals surface area contributed by atoms with Crippen molar-refractivity contribution in [3.05, 3.63) is 24.0 Å². The van der Waals surface area contributed by atoms with Crippen molar-refractivity contribution in [1.29, 1.82) is 0 Å². The van der Waals surface area contributed by atoms with E-state index in [4.69, 9.17) is 11.6 Å². The lowest BCUT2D eigenvalue weighted by Gasteiger charge is -2.10. The van der Waals surface area contributed by atoms with E-state index in [0.29, 0.717) is 24.9 Å². The molecular weight excluding hydrogens is 316 g/mol. The van der Waals surface area contributed by atoms with Gasteiger partial charge in [0, 0.05) is 18.9 Å². The minimum atomic E-state index is -2.88. The Kier molecular flexibility index (Phi) is 3.77. The number of imidazole rings is 1. The predicted molar refractivity (Wildman–Crippen MR) is 77.2 cm³/mol. The maximum absolute atomic E-state index is 11.4. The van der Waals surface area contributed by atoms with Crippen molar-refractivity contribution in [3.63, 3.8) is 0 Å². The van der Waals surface area contributed by atoms with Crippen LogP contribution in [0.15, 0.2) is 18.7 Å². The zero-order valence-corrected chi connectivity index (χ0v) is 12.5. The largest absolute Gasteiger partial charge is 0.354 e. The molecule has 0 aliphatic carbocycles. The zero-order valence-electron chi connectivity index (χ0n) is 11.0. The van der Waals surface area contributed by atoms with Crippen molar-refractivity contribution in [2.75, 3.05) is 23.4 Å². The van der Waals surface area contributed by atoms with Gasteiger partial charge in [-0.2, -0.15) is 15.0 Å². The van der Waals surface area contributed by atoms with Crippen molar-refractivity contribution in [3.8, 4) is 5.95 Å². The molecule has 3 rings (SSSR count). The van der Waals surface area contributed by atoms with Crippen molar-refractivity contribution >= 4 is 27.4 Å². The number of anilines is 1. The summed E-state index contributed by atoms with van der Waals surface area (Å²) in [6.45, 7) is 0.489. The van der Waals surface area contributed by atoms with E-state index in [1.165, 1.54) is 0 Å². The van der Waals surface area contributed by atoms with Gasteiger partial charge >= 0.3 is 0 Å². The van der Waals surface area contributed by atoms with Gasteiger partial charge in [0.2, 0.25) is 17.2 Å². The van der Waals surface area contributed by atoms with E-state index < -0.39 is 9.84 Å². The highest BCUT2D eigenvalue weighted by atomic mass is 35.5. The Labute approximate surface area is 126 Å². The highest BCUT2D eigenvalue weighted by molar-refractivity contribution is 7.91. The molecular formula is C11H13ClN6O2S. The summed E-state index contributed by atoms with van der Waals surface area (Å²) in [5.41, 5.74) is 0. The molecule has 0 saturated carbocycles. The number of hydrogen-bond acceptors (Lipinski definition) is 7. The average molecular weight is 329 g/mol. The number of sulfone groups is 1. The molecule has 21 heavy (non-hydrogen) atoms. The maximum Gasteiger partial charge on any atom is 0.241 e. The van der Waals surface area contributed by atoms with Gasteiger partial charge in [-0.05, 0) is 23.9 Å². The predicted octanol–water partition coefficient (Wildman–Crippen LogP) is 0.557. The van der Waals surface area contributed by atoms with Gasteiger partial charge in [0.25, 0.3) is 0 Å². The van der Waals surface area contributed by atoms with Crippen LogP contribution < -0.4 is 5.32 Å². The molecule has 0 spiro atoms. The molecule has 1 unspecified atom stereocenters. The molecule has 1 fully saturated rings. The number of nitrogens with one attached hydrogen (secondary N) is 1. The number of nitrogens with zero attached hydrogens (tertiary/aromatic N) is 5. The van der Waals surface area contributed by atoms with Crippen LogP contribution in [-0.2, 0) is 9.84 Å². The third-order valence-electron chi connectivity index (χ3n) is 3.21. The van der Waals surface area contributed by atoms with E-state index in [2.05, 4.69) is 25.3 Å². The summed E-state index contributed by atoms with van der Waals surface area (Å²) < 4.78 is 24.4. The fourth-order valence-electron chi connectivity index (χ4n) is 2.18. The first-order chi connectivity index (χ1) is 10.0. The molecule has 2 aromatic rings. The fraction of sp³-hybridized carbons (Fsp3) is 0.455. The minimum Gasteiger partial charge on any atom is -0.354 e. The monoisotopic (exact) mass is 328 g/mol. The quantitative estimate of drug-likeness (QED) is 0.874. The lowest BCUT2D eigenvalue weighted by molar-refractivity contribution is 0.595. The van der Waals surface area contributed by atoms with Crippen molar-refractivity contribution in [2.24, 2.45) is 5.92 Å². The first-order valence-corrected chi connectivity index (χ1v) is 8.56. The third-order valence-corrected chi connectivity index (χ3v) is 5.21. The SMILES string of the molecule is O=S1(=O)CCC(CNc2nc(Cl)nc(-n3ccnc3)n2)C1. The second-order valence-corrected chi connectivity index (χ2v) is 7.41. The molecule has 0 amide bonds. The van der Waals surface area contributed by atoms with Crippen LogP contribution in [0.1, 0.15) is 6.42 Å². The molecule has 1 aliphatic rings. The Morgan fingerprint density at radius 2 is 2.24 bits per heavy atom. The van der Waals surface area contributed by atoms with E-state index >= 15 is 0 Å². The Hall–Kier alpha value is -1.74. The summed E-state index contributed by atoms with van der Waals surface area (Å²) in [4.78, 5) is 16.1. The van der Waals surface area contributed by atoms with E-state index in [1.54, 1.807) is 23.3 Å². The van der Waals surface area contributed by atoms with Gasteiger partial charge in [-0.3, -0.25) is 4.57 Å². The van der Waals surface area contributed by atoms with Gasteiger partial charge in [0.1, 0.15) is 6.33 Å². The van der Waals surface area contributed by atoms with Gasteiger partial charge in [0.05, 0.1) is 11.5 Å². The van der Waals surface area contributed by atoms with Crippen molar-refractivity contribution < 1.29 is 8.42 Å². The molecule has 1 saturated heterocycles. The fourth-order valence-corrected chi connectivity index (χ4v) is 4.20. The summed E-state index contributed by atoms with van der Waals surface area (Å²) >= 11 is 5.88. The number of aromatic nitrogens is 5. The van der Waals surface area contributed by atoms with Crippen molar-refractivity contribution in [1.82, 2.24) is 24.5 Å². The van der Waals surface area contributed by atoms with Crippen LogP contribution in [0.2, 0.25) is 5.28 Å². The zero-order chi connectivity index (χ0) is 14.9. The van der Waals surface area contributed by atoms with Gasteiger partial charge in [0.15, 0.2) is 9.84 Å². The van der Waals surface area contributed by atoms with E-state index in [9.17, 15) is 8.42 Å². The van der Waals surface area contributed by atoms with Gasteiger partial charge in [-0.25, -0.2) is 13.4 Å². The summed E-state index contributed by atoms with van der Waals surface area (Å²) in [5.74, 6) is 1.20. The molecule has 1 aliphatic heterocycles. The maximum atomic E-state index is 11.4. The summed E-state index contributed by atoms with van der Waals surface area (Å²) in [7, 11) is -2.88. The number of rotatable bonds is 4. The Balaban J connectivity index is 1.71. The third kappa shape index (κ3) is 3.48. The van der Waals surface area contributed by atoms with Crippen LogP contribution in [0.4, 0.5) is 5.95 Å². The van der Waals surface area contributed by atoms with Crippen LogP contribution in [0, 0.1) is 5.92 Å². The Morgan fingerprint density at radius 3 is 2.90 bits per heavy atom. The van der Waals surface area contributed by atoms with Gasteiger partial charge in [-0.1, -0.05) is 0 Å². The van der Waals surface area contributed by atoms with Crippen LogP contribution >= 0.6 is 11.6 Å². The summed E-state index contributed by atoms with van der Waals surface area (Å²) in [6.07, 6.45) is 5.51. The first-order valence-electron chi connectivity index (χ1n) is 6.36. The molecule has 8 nitrogen and oxygen atoms in total. The van der Waals surface area contributed by atoms with E-state index in [0.717, 1.165) is 0 Å². The number of hydrogen-bond donors (Lipinski definition) is 1. The first kappa shape index (κ1) is 14.2. The highest BCUT2D eigenvalue weighted by Gasteiger charge is 2.27. The smallest absolute Gasteiger partial charge is 0.241 e. The van der Waals surface area contributed by atoms with Gasteiger partial charge < -0.3 is 5.32 Å².